The van der Waals surface area contributed by atoms with Gasteiger partial charge >= 0.3 is 0 Å². The van der Waals surface area contributed by atoms with E-state index in [1.807, 2.05) is 18.2 Å². The van der Waals surface area contributed by atoms with Crippen molar-refractivity contribution in [2.75, 3.05) is 36.9 Å². The zero-order valence-electron chi connectivity index (χ0n) is 9.90. The van der Waals surface area contributed by atoms with E-state index in [2.05, 4.69) is 9.88 Å². The Hall–Kier alpha value is -1.52. The van der Waals surface area contributed by atoms with Crippen molar-refractivity contribution in [3.8, 4) is 0 Å². The molecule has 1 saturated heterocycles. The number of pyridine rings is 1. The number of fused-ring (bicyclic) bond motifs is 1. The number of aromatic nitrogens is 1. The standard InChI is InChI=1S/C13H14ClN3O/c14-10-2-3-11-9(13(10)15)1-4-12(16-11)17-5-7-18-8-6-17/h1-4H,5-8,15H2. The van der Waals surface area contributed by atoms with Crippen LogP contribution in [0.3, 0.4) is 0 Å². The number of rotatable bonds is 1. The minimum Gasteiger partial charge on any atom is -0.397 e. The lowest BCUT2D eigenvalue weighted by molar-refractivity contribution is 0.122. The third-order valence-electron chi connectivity index (χ3n) is 3.18. The molecule has 1 aliphatic rings. The molecule has 0 amide bonds. The highest BCUT2D eigenvalue weighted by atomic mass is 35.5. The van der Waals surface area contributed by atoms with Gasteiger partial charge in [-0.3, -0.25) is 0 Å². The van der Waals surface area contributed by atoms with Gasteiger partial charge in [0.15, 0.2) is 0 Å². The van der Waals surface area contributed by atoms with Gasteiger partial charge in [-0.2, -0.15) is 0 Å². The maximum Gasteiger partial charge on any atom is 0.129 e. The Bertz CT molecular complexity index is 582. The van der Waals surface area contributed by atoms with Crippen molar-refractivity contribution >= 4 is 34.0 Å². The first kappa shape index (κ1) is 11.6. The van der Waals surface area contributed by atoms with Crippen LogP contribution < -0.4 is 10.6 Å². The molecule has 1 aliphatic heterocycles. The predicted octanol–water partition coefficient (Wildman–Crippen LogP) is 2.31. The zero-order chi connectivity index (χ0) is 12.5. The highest BCUT2D eigenvalue weighted by Gasteiger charge is 2.13. The summed E-state index contributed by atoms with van der Waals surface area (Å²) in [6.45, 7) is 3.26. The second-order valence-corrected chi connectivity index (χ2v) is 4.70. The van der Waals surface area contributed by atoms with Crippen molar-refractivity contribution in [3.63, 3.8) is 0 Å². The number of anilines is 2. The number of nitrogens with zero attached hydrogens (tertiary/aromatic N) is 2. The van der Waals surface area contributed by atoms with Crippen LogP contribution in [0.25, 0.3) is 10.9 Å². The van der Waals surface area contributed by atoms with E-state index in [0.29, 0.717) is 10.7 Å². The van der Waals surface area contributed by atoms with Gasteiger partial charge in [0, 0.05) is 18.5 Å². The van der Waals surface area contributed by atoms with Gasteiger partial charge in [-0.25, -0.2) is 4.98 Å². The quantitative estimate of drug-likeness (QED) is 0.802. The van der Waals surface area contributed by atoms with E-state index in [-0.39, 0.29) is 0 Å². The topological polar surface area (TPSA) is 51.4 Å². The molecular formula is C13H14ClN3O. The molecule has 3 rings (SSSR count). The fraction of sp³-hybridized carbons (Fsp3) is 0.308. The second-order valence-electron chi connectivity index (χ2n) is 4.30. The van der Waals surface area contributed by atoms with E-state index in [4.69, 9.17) is 22.1 Å². The molecule has 2 heterocycles. The summed E-state index contributed by atoms with van der Waals surface area (Å²) in [6, 6.07) is 7.65. The number of hydrogen-bond acceptors (Lipinski definition) is 4. The third-order valence-corrected chi connectivity index (χ3v) is 3.51. The Morgan fingerprint density at radius 1 is 1.17 bits per heavy atom. The van der Waals surface area contributed by atoms with E-state index in [9.17, 15) is 0 Å². The van der Waals surface area contributed by atoms with Crippen LogP contribution in [0.4, 0.5) is 11.5 Å². The summed E-state index contributed by atoms with van der Waals surface area (Å²) in [6.07, 6.45) is 0. The van der Waals surface area contributed by atoms with Crippen molar-refractivity contribution < 1.29 is 4.74 Å². The lowest BCUT2D eigenvalue weighted by atomic mass is 10.2. The highest BCUT2D eigenvalue weighted by Crippen LogP contribution is 2.29. The fourth-order valence-electron chi connectivity index (χ4n) is 2.16. The molecule has 1 aromatic carbocycles. The van der Waals surface area contributed by atoms with E-state index in [1.165, 1.54) is 0 Å². The molecule has 5 heteroatoms. The average Bonchev–Trinajstić information content (AvgIpc) is 2.44. The maximum atomic E-state index is 6.00. The van der Waals surface area contributed by atoms with Gasteiger partial charge in [0.05, 0.1) is 29.4 Å². The number of halogens is 1. The van der Waals surface area contributed by atoms with Crippen molar-refractivity contribution in [2.24, 2.45) is 0 Å². The Labute approximate surface area is 110 Å². The molecule has 0 spiro atoms. The number of ether oxygens (including phenoxy) is 1. The molecule has 18 heavy (non-hydrogen) atoms. The molecule has 0 aliphatic carbocycles. The van der Waals surface area contributed by atoms with E-state index in [1.54, 1.807) is 6.07 Å². The van der Waals surface area contributed by atoms with Crippen LogP contribution in [0.1, 0.15) is 0 Å². The summed E-state index contributed by atoms with van der Waals surface area (Å²) >= 11 is 6.00. The van der Waals surface area contributed by atoms with Crippen LogP contribution >= 0.6 is 11.6 Å². The average molecular weight is 264 g/mol. The molecule has 0 unspecified atom stereocenters. The summed E-state index contributed by atoms with van der Waals surface area (Å²) < 4.78 is 5.34. The lowest BCUT2D eigenvalue weighted by Crippen LogP contribution is -2.36. The van der Waals surface area contributed by atoms with Gasteiger partial charge in [-0.15, -0.1) is 0 Å². The first-order valence-electron chi connectivity index (χ1n) is 5.93. The monoisotopic (exact) mass is 263 g/mol. The van der Waals surface area contributed by atoms with E-state index >= 15 is 0 Å². The predicted molar refractivity (Wildman–Crippen MR) is 74.2 cm³/mol. The van der Waals surface area contributed by atoms with Crippen LogP contribution in [-0.4, -0.2) is 31.3 Å². The zero-order valence-corrected chi connectivity index (χ0v) is 10.7. The minimum absolute atomic E-state index is 0.573. The first-order valence-corrected chi connectivity index (χ1v) is 6.31. The maximum absolute atomic E-state index is 6.00. The fourth-order valence-corrected chi connectivity index (χ4v) is 2.32. The summed E-state index contributed by atoms with van der Waals surface area (Å²) in [5, 5.41) is 1.47. The van der Waals surface area contributed by atoms with Gasteiger partial charge in [-0.05, 0) is 24.3 Å². The van der Waals surface area contributed by atoms with Crippen molar-refractivity contribution in [2.45, 2.75) is 0 Å². The normalized spacial score (nSPS) is 16.2. The largest absolute Gasteiger partial charge is 0.397 e. The summed E-state index contributed by atoms with van der Waals surface area (Å²) in [4.78, 5) is 6.85. The summed E-state index contributed by atoms with van der Waals surface area (Å²) in [5.41, 5.74) is 7.41. The molecule has 0 bridgehead atoms. The van der Waals surface area contributed by atoms with E-state index in [0.717, 1.165) is 43.0 Å². The third kappa shape index (κ3) is 1.98. The molecule has 4 nitrogen and oxygen atoms in total. The Morgan fingerprint density at radius 3 is 2.72 bits per heavy atom. The molecule has 1 aromatic heterocycles. The molecule has 0 saturated carbocycles. The molecule has 94 valence electrons. The van der Waals surface area contributed by atoms with Crippen molar-refractivity contribution in [1.82, 2.24) is 4.98 Å². The first-order chi connectivity index (χ1) is 8.75. The molecule has 2 aromatic rings. The van der Waals surface area contributed by atoms with Crippen molar-refractivity contribution in [1.29, 1.82) is 0 Å². The number of nitrogens with two attached hydrogens (primary N) is 1. The molecule has 0 atom stereocenters. The molecular weight excluding hydrogens is 250 g/mol. The highest BCUT2D eigenvalue weighted by molar-refractivity contribution is 6.34. The number of morpholine rings is 1. The Balaban J connectivity index is 2.03. The van der Waals surface area contributed by atoms with Gasteiger partial charge < -0.3 is 15.4 Å². The van der Waals surface area contributed by atoms with Crippen LogP contribution in [0.15, 0.2) is 24.3 Å². The smallest absolute Gasteiger partial charge is 0.129 e. The summed E-state index contributed by atoms with van der Waals surface area (Å²) in [7, 11) is 0. The van der Waals surface area contributed by atoms with E-state index < -0.39 is 0 Å². The van der Waals surface area contributed by atoms with Crippen LogP contribution in [-0.2, 0) is 4.74 Å². The van der Waals surface area contributed by atoms with Crippen LogP contribution in [0.2, 0.25) is 5.02 Å². The Kier molecular flexibility index (Phi) is 2.97. The lowest BCUT2D eigenvalue weighted by Gasteiger charge is -2.28. The SMILES string of the molecule is Nc1c(Cl)ccc2nc(N3CCOCC3)ccc12. The molecule has 2 N–H and O–H groups in total. The number of hydrogen-bond donors (Lipinski definition) is 1. The second kappa shape index (κ2) is 4.63. The molecule has 0 radical (unpaired) electrons. The van der Waals surface area contributed by atoms with Gasteiger partial charge in [0.25, 0.3) is 0 Å². The van der Waals surface area contributed by atoms with Gasteiger partial charge in [0.1, 0.15) is 5.82 Å². The van der Waals surface area contributed by atoms with Crippen molar-refractivity contribution in [3.05, 3.63) is 29.3 Å². The number of nitrogen functional groups attached to an aromatic ring is 1. The summed E-state index contributed by atoms with van der Waals surface area (Å²) in [5.74, 6) is 0.965. The van der Waals surface area contributed by atoms with Gasteiger partial charge in [0.2, 0.25) is 0 Å². The van der Waals surface area contributed by atoms with Gasteiger partial charge in [-0.1, -0.05) is 11.6 Å². The number of benzene rings is 1. The van der Waals surface area contributed by atoms with Crippen LogP contribution in [0, 0.1) is 0 Å². The van der Waals surface area contributed by atoms with Crippen LogP contribution in [0.5, 0.6) is 0 Å². The molecule has 1 fully saturated rings. The minimum atomic E-state index is 0.573. The Morgan fingerprint density at radius 2 is 1.94 bits per heavy atom.